The van der Waals surface area contributed by atoms with Crippen LogP contribution in [-0.4, -0.2) is 53.6 Å². The number of benzene rings is 1. The third kappa shape index (κ3) is 4.27. The Bertz CT molecular complexity index is 812. The molecule has 7 nitrogen and oxygen atoms in total. The zero-order valence-corrected chi connectivity index (χ0v) is 15.6. The fourth-order valence-electron chi connectivity index (χ4n) is 3.56. The molecule has 0 radical (unpaired) electrons. The Labute approximate surface area is 162 Å². The summed E-state index contributed by atoms with van der Waals surface area (Å²) in [5.41, 5.74) is 0.301. The minimum absolute atomic E-state index is 0.0132. The van der Waals surface area contributed by atoms with Crippen molar-refractivity contribution in [3.05, 3.63) is 42.2 Å². The Morgan fingerprint density at radius 2 is 1.82 bits per heavy atom. The molecule has 1 aromatic rings. The molecule has 4 amide bonds. The lowest BCUT2D eigenvalue weighted by molar-refractivity contribution is -0.141. The van der Waals surface area contributed by atoms with Crippen LogP contribution in [0.15, 0.2) is 36.4 Å². The van der Waals surface area contributed by atoms with E-state index in [1.54, 1.807) is 6.07 Å². The summed E-state index contributed by atoms with van der Waals surface area (Å²) < 4.78 is 13.2. The summed E-state index contributed by atoms with van der Waals surface area (Å²) in [7, 11) is 1.46. The average Bonchev–Trinajstić information content (AvgIpc) is 2.90. The molecule has 148 valence electrons. The molecule has 3 rings (SSSR count). The van der Waals surface area contributed by atoms with Crippen LogP contribution in [-0.2, 0) is 19.2 Å². The number of allylic oxidation sites excluding steroid dienone is 2. The van der Waals surface area contributed by atoms with E-state index in [1.807, 2.05) is 12.2 Å². The van der Waals surface area contributed by atoms with E-state index in [0.717, 1.165) is 0 Å². The van der Waals surface area contributed by atoms with Crippen LogP contribution < -0.4 is 5.32 Å². The third-order valence-corrected chi connectivity index (χ3v) is 5.06. The average molecular weight is 387 g/mol. The molecule has 1 heterocycles. The molecule has 0 aromatic heterocycles. The van der Waals surface area contributed by atoms with E-state index in [4.69, 9.17) is 0 Å². The van der Waals surface area contributed by atoms with Gasteiger partial charge in [-0.05, 0) is 31.0 Å². The largest absolute Gasteiger partial charge is 0.336 e. The number of likely N-dealkylation sites (N-methyl/N-ethyl adjacent to an activating group) is 1. The van der Waals surface area contributed by atoms with Crippen molar-refractivity contribution in [2.24, 2.45) is 11.8 Å². The van der Waals surface area contributed by atoms with Crippen LogP contribution in [0.5, 0.6) is 0 Å². The molecule has 0 saturated carbocycles. The first kappa shape index (κ1) is 19.7. The summed E-state index contributed by atoms with van der Waals surface area (Å²) in [6.45, 7) is -0.203. The van der Waals surface area contributed by atoms with Gasteiger partial charge in [-0.1, -0.05) is 18.2 Å². The number of fused-ring (bicyclic) bond motifs is 1. The standard InChI is InChI=1S/C20H22FN3O4/c1-23(12-17(25)22-14-6-4-5-13(21)11-14)18(26)9-10-24-19(27)15-7-2-3-8-16(15)20(24)28/h2-6,11,15-16H,7-10,12H2,1H3,(H,22,25)/t15-,16-/m0/s1. The minimum atomic E-state index is -0.474. The molecular formula is C20H22FN3O4. The van der Waals surface area contributed by atoms with Crippen LogP contribution in [0.4, 0.5) is 10.1 Å². The second-order valence-corrected chi connectivity index (χ2v) is 7.04. The molecule has 1 aromatic carbocycles. The number of amides is 4. The van der Waals surface area contributed by atoms with Crippen LogP contribution in [0, 0.1) is 17.7 Å². The molecule has 2 atom stereocenters. The molecule has 1 aliphatic heterocycles. The number of imide groups is 1. The summed E-state index contributed by atoms with van der Waals surface area (Å²) in [4.78, 5) is 51.5. The van der Waals surface area contributed by atoms with E-state index in [2.05, 4.69) is 5.32 Å². The SMILES string of the molecule is CN(CC(=O)Nc1cccc(F)c1)C(=O)CCN1C(=O)[C@H]2CC=CC[C@@H]2C1=O. The lowest BCUT2D eigenvalue weighted by Gasteiger charge is -2.19. The first-order valence-corrected chi connectivity index (χ1v) is 9.16. The minimum Gasteiger partial charge on any atom is -0.336 e. The van der Waals surface area contributed by atoms with Crippen LogP contribution in [0.2, 0.25) is 0 Å². The summed E-state index contributed by atoms with van der Waals surface area (Å²) in [6.07, 6.45) is 4.88. The van der Waals surface area contributed by atoms with Gasteiger partial charge in [0.1, 0.15) is 5.82 Å². The van der Waals surface area contributed by atoms with Crippen LogP contribution >= 0.6 is 0 Å². The van der Waals surface area contributed by atoms with Crippen molar-refractivity contribution in [3.8, 4) is 0 Å². The number of nitrogens with one attached hydrogen (secondary N) is 1. The molecule has 2 aliphatic rings. The first-order valence-electron chi connectivity index (χ1n) is 9.16. The Kier molecular flexibility index (Phi) is 5.87. The van der Waals surface area contributed by atoms with Crippen molar-refractivity contribution < 1.29 is 23.6 Å². The van der Waals surface area contributed by atoms with Gasteiger partial charge in [-0.25, -0.2) is 4.39 Å². The Balaban J connectivity index is 1.48. The van der Waals surface area contributed by atoms with Crippen molar-refractivity contribution in [1.82, 2.24) is 9.80 Å². The highest BCUT2D eigenvalue weighted by Crippen LogP contribution is 2.35. The molecule has 1 N–H and O–H groups in total. The Hall–Kier alpha value is -3.03. The third-order valence-electron chi connectivity index (χ3n) is 5.06. The second-order valence-electron chi connectivity index (χ2n) is 7.04. The van der Waals surface area contributed by atoms with Gasteiger partial charge in [0.2, 0.25) is 23.6 Å². The van der Waals surface area contributed by atoms with Gasteiger partial charge < -0.3 is 10.2 Å². The molecule has 0 bridgehead atoms. The monoisotopic (exact) mass is 387 g/mol. The maximum absolute atomic E-state index is 13.2. The van der Waals surface area contributed by atoms with E-state index >= 15 is 0 Å². The number of carbonyl (C=O) groups is 4. The molecule has 1 aliphatic carbocycles. The Morgan fingerprint density at radius 3 is 2.43 bits per heavy atom. The summed E-state index contributed by atoms with van der Waals surface area (Å²) in [5.74, 6) is -2.38. The highest BCUT2D eigenvalue weighted by Gasteiger charge is 2.46. The summed E-state index contributed by atoms with van der Waals surface area (Å²) in [5, 5.41) is 2.52. The molecule has 1 saturated heterocycles. The molecule has 0 spiro atoms. The first-order chi connectivity index (χ1) is 13.4. The van der Waals surface area contributed by atoms with Gasteiger partial charge in [0.25, 0.3) is 0 Å². The number of likely N-dealkylation sites (tertiary alicyclic amines) is 1. The maximum atomic E-state index is 13.2. The van der Waals surface area contributed by atoms with Gasteiger partial charge in [-0.2, -0.15) is 0 Å². The van der Waals surface area contributed by atoms with Crippen LogP contribution in [0.25, 0.3) is 0 Å². The number of nitrogens with zero attached hydrogens (tertiary/aromatic N) is 2. The quantitative estimate of drug-likeness (QED) is 0.593. The predicted octanol–water partition coefficient (Wildman–Crippen LogP) is 1.56. The maximum Gasteiger partial charge on any atom is 0.243 e. The van der Waals surface area contributed by atoms with E-state index < -0.39 is 11.7 Å². The van der Waals surface area contributed by atoms with Gasteiger partial charge in [-0.3, -0.25) is 24.1 Å². The number of carbonyl (C=O) groups excluding carboxylic acids is 4. The van der Waals surface area contributed by atoms with E-state index in [0.29, 0.717) is 18.5 Å². The molecular weight excluding hydrogens is 365 g/mol. The van der Waals surface area contributed by atoms with Crippen molar-refractivity contribution >= 4 is 29.3 Å². The van der Waals surface area contributed by atoms with Gasteiger partial charge in [0.05, 0.1) is 18.4 Å². The molecule has 1 fully saturated rings. The van der Waals surface area contributed by atoms with E-state index in [1.165, 1.54) is 35.0 Å². The lowest BCUT2D eigenvalue weighted by Crippen LogP contribution is -2.38. The zero-order valence-electron chi connectivity index (χ0n) is 15.6. The fourth-order valence-corrected chi connectivity index (χ4v) is 3.56. The molecule has 8 heteroatoms. The van der Waals surface area contributed by atoms with Crippen molar-refractivity contribution in [1.29, 1.82) is 0 Å². The number of halogens is 1. The highest BCUT2D eigenvalue weighted by atomic mass is 19.1. The fraction of sp³-hybridized carbons (Fsp3) is 0.400. The topological polar surface area (TPSA) is 86.8 Å². The van der Waals surface area contributed by atoms with Gasteiger partial charge in [-0.15, -0.1) is 0 Å². The number of rotatable bonds is 6. The number of hydrogen-bond acceptors (Lipinski definition) is 4. The van der Waals surface area contributed by atoms with E-state index in [-0.39, 0.29) is 49.1 Å². The van der Waals surface area contributed by atoms with Gasteiger partial charge in [0.15, 0.2) is 0 Å². The highest BCUT2D eigenvalue weighted by molar-refractivity contribution is 6.05. The molecule has 0 unspecified atom stereocenters. The summed E-state index contributed by atoms with van der Waals surface area (Å²) >= 11 is 0. The second kappa shape index (κ2) is 8.33. The molecule has 28 heavy (non-hydrogen) atoms. The zero-order chi connectivity index (χ0) is 20.3. The summed E-state index contributed by atoms with van der Waals surface area (Å²) in [6, 6.07) is 5.45. The van der Waals surface area contributed by atoms with E-state index in [9.17, 15) is 23.6 Å². The smallest absolute Gasteiger partial charge is 0.243 e. The van der Waals surface area contributed by atoms with Gasteiger partial charge in [0, 0.05) is 25.7 Å². The van der Waals surface area contributed by atoms with Crippen molar-refractivity contribution in [3.63, 3.8) is 0 Å². The predicted molar refractivity (Wildman–Crippen MR) is 99.4 cm³/mol. The Morgan fingerprint density at radius 1 is 1.18 bits per heavy atom. The normalized spacial score (nSPS) is 20.9. The lowest BCUT2D eigenvalue weighted by atomic mass is 9.85. The van der Waals surface area contributed by atoms with Crippen LogP contribution in [0.3, 0.4) is 0 Å². The van der Waals surface area contributed by atoms with Crippen LogP contribution in [0.1, 0.15) is 19.3 Å². The number of anilines is 1. The number of hydrogen-bond donors (Lipinski definition) is 1. The van der Waals surface area contributed by atoms with Crippen molar-refractivity contribution in [2.45, 2.75) is 19.3 Å². The van der Waals surface area contributed by atoms with Gasteiger partial charge >= 0.3 is 0 Å². The van der Waals surface area contributed by atoms with Crippen molar-refractivity contribution in [2.75, 3.05) is 25.5 Å².